The predicted molar refractivity (Wildman–Crippen MR) is 97.7 cm³/mol. The second kappa shape index (κ2) is 6.92. The van der Waals surface area contributed by atoms with Gasteiger partial charge >= 0.3 is 6.03 Å². The van der Waals surface area contributed by atoms with Gasteiger partial charge < -0.3 is 10.6 Å². The van der Waals surface area contributed by atoms with Crippen LogP contribution in [0.4, 0.5) is 10.5 Å². The summed E-state index contributed by atoms with van der Waals surface area (Å²) in [5.41, 5.74) is -0.631. The molecule has 2 heterocycles. The molecule has 4 amide bonds. The van der Waals surface area contributed by atoms with Crippen molar-refractivity contribution in [2.24, 2.45) is 0 Å². The van der Waals surface area contributed by atoms with E-state index in [0.717, 1.165) is 9.80 Å². The van der Waals surface area contributed by atoms with Crippen LogP contribution >= 0.6 is 11.8 Å². The van der Waals surface area contributed by atoms with Crippen molar-refractivity contribution in [3.63, 3.8) is 0 Å². The number of thioether (sulfide) groups is 1. The summed E-state index contributed by atoms with van der Waals surface area (Å²) >= 11 is 1.53. The number of nitrogens with one attached hydrogen (secondary N) is 2. The summed E-state index contributed by atoms with van der Waals surface area (Å²) in [5.74, 6) is -1.33. The lowest BCUT2D eigenvalue weighted by Gasteiger charge is -2.30. The summed E-state index contributed by atoms with van der Waals surface area (Å²) in [6, 6.07) is 6.55. The average molecular weight is 397 g/mol. The van der Waals surface area contributed by atoms with Crippen molar-refractivity contribution < 1.29 is 22.8 Å². The van der Waals surface area contributed by atoms with E-state index in [4.69, 9.17) is 0 Å². The first-order chi connectivity index (χ1) is 12.2. The highest BCUT2D eigenvalue weighted by Gasteiger charge is 2.53. The molecule has 2 aliphatic rings. The maximum atomic E-state index is 12.7. The van der Waals surface area contributed by atoms with Crippen molar-refractivity contribution in [2.75, 3.05) is 29.6 Å². The number of hydrogen-bond acceptors (Lipinski definition) is 6. The molecule has 2 fully saturated rings. The van der Waals surface area contributed by atoms with Crippen LogP contribution in [0.2, 0.25) is 0 Å². The van der Waals surface area contributed by atoms with E-state index >= 15 is 0 Å². The Labute approximate surface area is 155 Å². The first-order valence-corrected chi connectivity index (χ1v) is 11.1. The van der Waals surface area contributed by atoms with Crippen LogP contribution in [-0.2, 0) is 19.4 Å². The van der Waals surface area contributed by atoms with Crippen molar-refractivity contribution in [3.8, 4) is 0 Å². The number of amides is 4. The Balaban J connectivity index is 1.67. The van der Waals surface area contributed by atoms with Crippen molar-refractivity contribution >= 4 is 45.1 Å². The summed E-state index contributed by atoms with van der Waals surface area (Å²) in [6.07, 6.45) is 1.99. The Hall–Kier alpha value is -2.07. The molecule has 0 bridgehead atoms. The average Bonchev–Trinajstić information content (AvgIpc) is 2.82. The van der Waals surface area contributed by atoms with Crippen molar-refractivity contribution in [2.45, 2.75) is 23.3 Å². The van der Waals surface area contributed by atoms with Crippen molar-refractivity contribution in [3.05, 3.63) is 24.3 Å². The van der Waals surface area contributed by atoms with Gasteiger partial charge in [-0.2, -0.15) is 0 Å². The molecule has 1 spiro atoms. The summed E-state index contributed by atoms with van der Waals surface area (Å²) in [4.78, 5) is 38.9. The molecule has 1 aromatic carbocycles. The lowest BCUT2D eigenvalue weighted by Crippen LogP contribution is -2.52. The Morgan fingerprint density at radius 2 is 2.00 bits per heavy atom. The molecule has 26 heavy (non-hydrogen) atoms. The van der Waals surface area contributed by atoms with Crippen LogP contribution in [0.3, 0.4) is 0 Å². The zero-order valence-electron chi connectivity index (χ0n) is 14.1. The molecule has 0 aromatic heterocycles. The number of imide groups is 1. The highest BCUT2D eigenvalue weighted by atomic mass is 32.2. The molecule has 0 atom stereocenters. The van der Waals surface area contributed by atoms with Gasteiger partial charge in [-0.25, -0.2) is 13.2 Å². The van der Waals surface area contributed by atoms with Crippen molar-refractivity contribution in [1.29, 1.82) is 0 Å². The minimum atomic E-state index is -3.18. The second-order valence-corrected chi connectivity index (χ2v) is 9.52. The SMILES string of the molecule is CSc1cccc(NC(=O)CN2C(=O)NC3(CCS(=O)(=O)CC3)C2=O)c1. The third-order valence-corrected chi connectivity index (χ3v) is 6.96. The van der Waals surface area contributed by atoms with Gasteiger partial charge in [0, 0.05) is 10.6 Å². The molecule has 0 radical (unpaired) electrons. The molecular weight excluding hydrogens is 378 g/mol. The number of anilines is 1. The Bertz CT molecular complexity index is 854. The van der Waals surface area contributed by atoms with E-state index in [2.05, 4.69) is 10.6 Å². The molecular formula is C16H19N3O5S2. The first-order valence-electron chi connectivity index (χ1n) is 8.03. The van der Waals surface area contributed by atoms with Gasteiger partial charge in [-0.1, -0.05) is 6.07 Å². The summed E-state index contributed by atoms with van der Waals surface area (Å²) in [7, 11) is -3.18. The smallest absolute Gasteiger partial charge is 0.324 e. The topological polar surface area (TPSA) is 113 Å². The molecule has 2 N–H and O–H groups in total. The molecule has 8 nitrogen and oxygen atoms in total. The predicted octanol–water partition coefficient (Wildman–Crippen LogP) is 0.846. The lowest BCUT2D eigenvalue weighted by molar-refractivity contribution is -0.134. The first kappa shape index (κ1) is 18.7. The molecule has 0 unspecified atom stereocenters. The number of benzene rings is 1. The second-order valence-electron chi connectivity index (χ2n) is 6.34. The number of urea groups is 1. The Morgan fingerprint density at radius 3 is 2.65 bits per heavy atom. The maximum Gasteiger partial charge on any atom is 0.325 e. The van der Waals surface area contributed by atoms with Crippen LogP contribution in [0.15, 0.2) is 29.2 Å². The fourth-order valence-electron chi connectivity index (χ4n) is 3.09. The van der Waals surface area contributed by atoms with Gasteiger partial charge in [0.15, 0.2) is 9.84 Å². The highest BCUT2D eigenvalue weighted by molar-refractivity contribution is 7.98. The molecule has 2 aliphatic heterocycles. The third kappa shape index (κ3) is 3.70. The van der Waals surface area contributed by atoms with E-state index in [-0.39, 0.29) is 24.3 Å². The van der Waals surface area contributed by atoms with E-state index in [0.29, 0.717) is 5.69 Å². The monoisotopic (exact) mass is 397 g/mol. The summed E-state index contributed by atoms with van der Waals surface area (Å²) in [6.45, 7) is -0.414. The molecule has 0 aliphatic carbocycles. The summed E-state index contributed by atoms with van der Waals surface area (Å²) < 4.78 is 23.2. The largest absolute Gasteiger partial charge is 0.325 e. The molecule has 1 aromatic rings. The number of sulfone groups is 1. The number of hydrogen-bond donors (Lipinski definition) is 2. The van der Waals surface area contributed by atoms with Gasteiger partial charge in [-0.15, -0.1) is 11.8 Å². The quantitative estimate of drug-likeness (QED) is 0.575. The lowest BCUT2D eigenvalue weighted by atomic mass is 9.92. The van der Waals surface area contributed by atoms with E-state index in [1.807, 2.05) is 12.3 Å². The standard InChI is InChI=1S/C16H19N3O5S2/c1-25-12-4-2-3-11(9-12)17-13(20)10-19-14(21)16(18-15(19)22)5-7-26(23,24)8-6-16/h2-4,9H,5-8,10H2,1H3,(H,17,20)(H,18,22). The Morgan fingerprint density at radius 1 is 1.31 bits per heavy atom. The van der Waals surface area contributed by atoms with Crippen LogP contribution in [0.5, 0.6) is 0 Å². The van der Waals surface area contributed by atoms with Crippen LogP contribution in [-0.4, -0.2) is 61.0 Å². The fraction of sp³-hybridized carbons (Fsp3) is 0.438. The fourth-order valence-corrected chi connectivity index (χ4v) is 5.07. The van der Waals surface area contributed by atoms with Gasteiger partial charge in [0.2, 0.25) is 5.91 Å². The summed E-state index contributed by atoms with van der Waals surface area (Å²) in [5, 5.41) is 5.25. The molecule has 10 heteroatoms. The van der Waals surface area contributed by atoms with Crippen LogP contribution in [0.25, 0.3) is 0 Å². The normalized spacial score (nSPS) is 20.9. The number of carbonyl (C=O) groups excluding carboxylic acids is 3. The minimum absolute atomic E-state index is 0.0355. The molecule has 3 rings (SSSR count). The van der Waals surface area contributed by atoms with Crippen LogP contribution < -0.4 is 10.6 Å². The number of nitrogens with zero attached hydrogens (tertiary/aromatic N) is 1. The maximum absolute atomic E-state index is 12.7. The van der Waals surface area contributed by atoms with Crippen molar-refractivity contribution in [1.82, 2.24) is 10.2 Å². The van der Waals surface area contributed by atoms with Gasteiger partial charge in [0.05, 0.1) is 11.5 Å². The van der Waals surface area contributed by atoms with Gasteiger partial charge in [0.1, 0.15) is 12.1 Å². The van der Waals surface area contributed by atoms with E-state index in [1.54, 1.807) is 18.2 Å². The molecule has 2 saturated heterocycles. The zero-order valence-corrected chi connectivity index (χ0v) is 15.8. The van der Waals surface area contributed by atoms with Crippen LogP contribution in [0.1, 0.15) is 12.8 Å². The van der Waals surface area contributed by atoms with E-state index < -0.39 is 39.8 Å². The van der Waals surface area contributed by atoms with E-state index in [1.165, 1.54) is 11.8 Å². The van der Waals surface area contributed by atoms with Gasteiger partial charge in [0.25, 0.3) is 5.91 Å². The number of rotatable bonds is 4. The third-order valence-electron chi connectivity index (χ3n) is 4.58. The van der Waals surface area contributed by atoms with Crippen LogP contribution in [0, 0.1) is 0 Å². The zero-order chi connectivity index (χ0) is 18.9. The molecule has 140 valence electrons. The van der Waals surface area contributed by atoms with Gasteiger partial charge in [-0.3, -0.25) is 14.5 Å². The number of carbonyl (C=O) groups is 3. The highest BCUT2D eigenvalue weighted by Crippen LogP contribution is 2.30. The molecule has 0 saturated carbocycles. The Kier molecular flexibility index (Phi) is 4.98. The van der Waals surface area contributed by atoms with Gasteiger partial charge in [-0.05, 0) is 37.3 Å². The minimum Gasteiger partial charge on any atom is -0.324 e. The van der Waals surface area contributed by atoms with E-state index in [9.17, 15) is 22.8 Å².